The van der Waals surface area contributed by atoms with Crippen molar-refractivity contribution in [2.24, 2.45) is 5.73 Å². The van der Waals surface area contributed by atoms with E-state index in [1.807, 2.05) is 54.6 Å². The van der Waals surface area contributed by atoms with Crippen LogP contribution in [0.2, 0.25) is 0 Å². The molecule has 0 atom stereocenters. The Morgan fingerprint density at radius 3 is 2.48 bits per heavy atom. The molecule has 0 bridgehead atoms. The summed E-state index contributed by atoms with van der Waals surface area (Å²) in [6.45, 7) is 0.363. The van der Waals surface area contributed by atoms with Gasteiger partial charge in [-0.3, -0.25) is 4.79 Å². The van der Waals surface area contributed by atoms with E-state index in [4.69, 9.17) is 10.2 Å². The summed E-state index contributed by atoms with van der Waals surface area (Å²) in [7, 11) is 0. The molecule has 7 nitrogen and oxygen atoms in total. The van der Waals surface area contributed by atoms with Crippen molar-refractivity contribution in [2.45, 2.75) is 17.5 Å². The van der Waals surface area contributed by atoms with Gasteiger partial charge in [-0.1, -0.05) is 54.2 Å². The number of carbonyl (C=O) groups excluding carboxylic acids is 2. The van der Waals surface area contributed by atoms with Crippen LogP contribution in [0.5, 0.6) is 0 Å². The highest BCUT2D eigenvalue weighted by molar-refractivity contribution is 7.98. The van der Waals surface area contributed by atoms with Crippen molar-refractivity contribution in [3.63, 3.8) is 0 Å². The van der Waals surface area contributed by atoms with Crippen LogP contribution in [0.4, 0.5) is 10.5 Å². The third-order valence-corrected chi connectivity index (χ3v) is 5.44. The quantitative estimate of drug-likeness (QED) is 0.371. The number of urea groups is 1. The minimum atomic E-state index is -0.617. The highest BCUT2D eigenvalue weighted by Gasteiger charge is 2.13. The van der Waals surface area contributed by atoms with Gasteiger partial charge in [0.1, 0.15) is 5.52 Å². The number of nitrogens with zero attached hydrogens (tertiary/aromatic N) is 1. The molecule has 0 aliphatic carbocycles. The van der Waals surface area contributed by atoms with E-state index in [1.54, 1.807) is 18.2 Å². The first-order chi connectivity index (χ1) is 15.1. The number of oxazole rings is 1. The summed E-state index contributed by atoms with van der Waals surface area (Å²) in [4.78, 5) is 28.1. The Morgan fingerprint density at radius 2 is 1.71 bits per heavy atom. The third-order valence-electron chi connectivity index (χ3n) is 4.56. The molecule has 1 heterocycles. The number of anilines is 1. The average Bonchev–Trinajstić information content (AvgIpc) is 3.20. The molecule has 3 amide bonds. The lowest BCUT2D eigenvalue weighted by molar-refractivity contribution is 0.0950. The Kier molecular flexibility index (Phi) is 6.18. The molecule has 3 aromatic carbocycles. The second-order valence-electron chi connectivity index (χ2n) is 6.76. The highest BCUT2D eigenvalue weighted by atomic mass is 32.2. The number of thioether (sulfide) groups is 1. The van der Waals surface area contributed by atoms with E-state index >= 15 is 0 Å². The van der Waals surface area contributed by atoms with E-state index < -0.39 is 6.03 Å². The molecule has 0 radical (unpaired) electrons. The zero-order chi connectivity index (χ0) is 21.6. The molecule has 0 spiro atoms. The predicted octanol–water partition coefficient (Wildman–Crippen LogP) is 4.54. The summed E-state index contributed by atoms with van der Waals surface area (Å²) < 4.78 is 5.75. The van der Waals surface area contributed by atoms with Crippen molar-refractivity contribution >= 4 is 40.5 Å². The number of hydrogen-bond donors (Lipinski definition) is 3. The first-order valence-corrected chi connectivity index (χ1v) is 10.6. The van der Waals surface area contributed by atoms with E-state index in [2.05, 4.69) is 15.6 Å². The predicted molar refractivity (Wildman–Crippen MR) is 121 cm³/mol. The highest BCUT2D eigenvalue weighted by Crippen LogP contribution is 2.27. The van der Waals surface area contributed by atoms with Crippen LogP contribution in [-0.2, 0) is 12.3 Å². The number of primary amides is 1. The van der Waals surface area contributed by atoms with Crippen LogP contribution in [-0.4, -0.2) is 16.9 Å². The van der Waals surface area contributed by atoms with Gasteiger partial charge in [0.2, 0.25) is 0 Å². The van der Waals surface area contributed by atoms with E-state index in [-0.39, 0.29) is 5.91 Å². The van der Waals surface area contributed by atoms with Gasteiger partial charge in [0.15, 0.2) is 5.58 Å². The maximum Gasteiger partial charge on any atom is 0.316 e. The summed E-state index contributed by atoms with van der Waals surface area (Å²) in [6, 6.07) is 21.6. The molecule has 0 fully saturated rings. The maximum absolute atomic E-state index is 12.8. The van der Waals surface area contributed by atoms with E-state index in [9.17, 15) is 9.59 Å². The van der Waals surface area contributed by atoms with Gasteiger partial charge in [-0.2, -0.15) is 0 Å². The molecule has 0 aliphatic rings. The van der Waals surface area contributed by atoms with Gasteiger partial charge >= 0.3 is 6.03 Å². The molecule has 4 N–H and O–H groups in total. The zero-order valence-corrected chi connectivity index (χ0v) is 17.3. The van der Waals surface area contributed by atoms with Crippen molar-refractivity contribution in [1.82, 2.24) is 10.3 Å². The maximum atomic E-state index is 12.8. The summed E-state index contributed by atoms with van der Waals surface area (Å²) in [6.07, 6.45) is 0. The zero-order valence-electron chi connectivity index (χ0n) is 16.5. The first kappa shape index (κ1) is 20.5. The SMILES string of the molecule is NC(=O)Nc1ccc(CNC(=O)c2ccccc2CSc2nc3ccccc3o2)cc1. The van der Waals surface area contributed by atoms with E-state index in [0.717, 1.165) is 22.2 Å². The Hall–Kier alpha value is -3.78. The molecule has 4 aromatic rings. The van der Waals surface area contributed by atoms with Crippen LogP contribution < -0.4 is 16.4 Å². The van der Waals surface area contributed by atoms with Crippen LogP contribution in [0.15, 0.2) is 82.4 Å². The molecular weight excluding hydrogens is 412 g/mol. The Balaban J connectivity index is 1.39. The normalized spacial score (nSPS) is 10.7. The molecule has 0 saturated carbocycles. The largest absolute Gasteiger partial charge is 0.431 e. The number of carbonyl (C=O) groups is 2. The molecule has 4 rings (SSSR count). The van der Waals surface area contributed by atoms with Gasteiger partial charge in [0.25, 0.3) is 11.1 Å². The van der Waals surface area contributed by atoms with Crippen LogP contribution in [0.3, 0.4) is 0 Å². The summed E-state index contributed by atoms with van der Waals surface area (Å²) >= 11 is 1.45. The van der Waals surface area contributed by atoms with Crippen LogP contribution >= 0.6 is 11.8 Å². The lowest BCUT2D eigenvalue weighted by Crippen LogP contribution is -2.24. The Bertz CT molecular complexity index is 1190. The number of para-hydroxylation sites is 2. The number of aromatic nitrogens is 1. The van der Waals surface area contributed by atoms with Gasteiger partial charge in [-0.25, -0.2) is 9.78 Å². The number of nitrogens with one attached hydrogen (secondary N) is 2. The molecular formula is C23H20N4O3S. The number of rotatable bonds is 7. The van der Waals surface area contributed by atoms with Crippen molar-refractivity contribution in [3.8, 4) is 0 Å². The fourth-order valence-corrected chi connectivity index (χ4v) is 3.89. The molecule has 0 saturated heterocycles. The second-order valence-corrected chi connectivity index (χ2v) is 7.69. The van der Waals surface area contributed by atoms with Crippen LogP contribution in [0.1, 0.15) is 21.5 Å². The summed E-state index contributed by atoms with van der Waals surface area (Å²) in [5, 5.41) is 6.01. The minimum Gasteiger partial charge on any atom is -0.431 e. The second kappa shape index (κ2) is 9.36. The fourth-order valence-electron chi connectivity index (χ4n) is 3.05. The van der Waals surface area contributed by atoms with Crippen LogP contribution in [0.25, 0.3) is 11.1 Å². The lowest BCUT2D eigenvalue weighted by Gasteiger charge is -2.10. The Morgan fingerprint density at radius 1 is 0.968 bits per heavy atom. The van der Waals surface area contributed by atoms with Crippen molar-refractivity contribution in [2.75, 3.05) is 5.32 Å². The number of nitrogens with two attached hydrogens (primary N) is 1. The summed E-state index contributed by atoms with van der Waals surface area (Å²) in [5.74, 6) is 0.400. The van der Waals surface area contributed by atoms with E-state index in [1.165, 1.54) is 11.8 Å². The molecule has 31 heavy (non-hydrogen) atoms. The smallest absolute Gasteiger partial charge is 0.316 e. The Labute approximate surface area is 183 Å². The van der Waals surface area contributed by atoms with Crippen molar-refractivity contribution in [1.29, 1.82) is 0 Å². The molecule has 0 unspecified atom stereocenters. The monoisotopic (exact) mass is 432 g/mol. The average molecular weight is 433 g/mol. The summed E-state index contributed by atoms with van der Waals surface area (Å²) in [5.41, 5.74) is 9.67. The molecule has 8 heteroatoms. The van der Waals surface area contributed by atoms with Crippen molar-refractivity contribution < 1.29 is 14.0 Å². The van der Waals surface area contributed by atoms with E-state index in [0.29, 0.717) is 28.8 Å². The molecule has 1 aromatic heterocycles. The molecule has 0 aliphatic heterocycles. The number of benzene rings is 3. The topological polar surface area (TPSA) is 110 Å². The third kappa shape index (κ3) is 5.23. The fraction of sp³-hybridized carbons (Fsp3) is 0.0870. The minimum absolute atomic E-state index is 0.159. The molecule has 156 valence electrons. The van der Waals surface area contributed by atoms with Gasteiger partial charge in [0.05, 0.1) is 0 Å². The van der Waals surface area contributed by atoms with Crippen molar-refractivity contribution in [3.05, 3.63) is 89.5 Å². The lowest BCUT2D eigenvalue weighted by atomic mass is 10.1. The number of amides is 3. The van der Waals surface area contributed by atoms with Gasteiger partial charge in [0, 0.05) is 23.5 Å². The van der Waals surface area contributed by atoms with Gasteiger partial charge in [-0.15, -0.1) is 0 Å². The number of hydrogen-bond acceptors (Lipinski definition) is 5. The van der Waals surface area contributed by atoms with Gasteiger partial charge < -0.3 is 20.8 Å². The standard InChI is InChI=1S/C23H20N4O3S/c24-22(29)26-17-11-9-15(10-12-17)13-25-21(28)18-6-2-1-5-16(18)14-31-23-27-19-7-3-4-8-20(19)30-23/h1-12H,13-14H2,(H,25,28)(H3,24,26,29). The number of fused-ring (bicyclic) bond motifs is 1. The van der Waals surface area contributed by atoms with Gasteiger partial charge in [-0.05, 0) is 41.5 Å². The first-order valence-electron chi connectivity index (χ1n) is 9.58. The van der Waals surface area contributed by atoms with Crippen LogP contribution in [0, 0.1) is 0 Å².